The number of nitrogens with two attached hydrogens (primary N) is 1. The Kier molecular flexibility index (Phi) is 3.55. The first-order valence-corrected chi connectivity index (χ1v) is 6.73. The lowest BCUT2D eigenvalue weighted by molar-refractivity contribution is -0.274. The van der Waals surface area contributed by atoms with Crippen molar-refractivity contribution in [3.8, 4) is 17.1 Å². The second-order valence-electron chi connectivity index (χ2n) is 4.95. The van der Waals surface area contributed by atoms with E-state index in [0.717, 1.165) is 5.56 Å². The average Bonchev–Trinajstić information content (AvgIpc) is 2.47. The van der Waals surface area contributed by atoms with Crippen LogP contribution in [0.15, 0.2) is 42.5 Å². The summed E-state index contributed by atoms with van der Waals surface area (Å²) in [5.74, 6) is -0.0769. The lowest BCUT2D eigenvalue weighted by Crippen LogP contribution is -2.17. The fourth-order valence-electron chi connectivity index (χ4n) is 2.30. The Morgan fingerprint density at radius 3 is 2.48 bits per heavy atom. The molecule has 3 rings (SSSR count). The van der Waals surface area contributed by atoms with E-state index in [0.29, 0.717) is 10.9 Å². The molecule has 3 aromatic rings. The average molecular weight is 319 g/mol. The highest BCUT2D eigenvalue weighted by Crippen LogP contribution is 2.33. The molecule has 0 amide bonds. The molecule has 4 nitrogen and oxygen atoms in total. The zero-order chi connectivity index (χ0) is 16.6. The Morgan fingerprint density at radius 1 is 1.00 bits per heavy atom. The van der Waals surface area contributed by atoms with Crippen molar-refractivity contribution in [3.63, 3.8) is 0 Å². The number of ether oxygens (including phenoxy) is 1. The number of fused-ring (bicyclic) bond motifs is 1. The fraction of sp³-hybridized carbons (Fsp3) is 0.125. The first kappa shape index (κ1) is 15.1. The Balaban J connectivity index is 2.20. The third-order valence-electron chi connectivity index (χ3n) is 3.31. The van der Waals surface area contributed by atoms with Crippen LogP contribution >= 0.6 is 0 Å². The van der Waals surface area contributed by atoms with Gasteiger partial charge in [0.1, 0.15) is 11.6 Å². The summed E-state index contributed by atoms with van der Waals surface area (Å²) >= 11 is 0. The topological polar surface area (TPSA) is 61.0 Å². The standard InChI is InChI=1S/C16H12F3N3O/c1-9-5-4-7-11-13(9)21-15(22-14(11)20)10-6-2-3-8-12(10)23-16(17,18)19/h2-8H,1H3,(H2,20,21,22). The SMILES string of the molecule is Cc1cccc2c(N)nc(-c3ccccc3OC(F)(F)F)nc12. The molecule has 0 aliphatic carbocycles. The summed E-state index contributed by atoms with van der Waals surface area (Å²) in [4.78, 5) is 8.48. The minimum atomic E-state index is -4.80. The van der Waals surface area contributed by atoms with Gasteiger partial charge in [0, 0.05) is 5.39 Å². The second kappa shape index (κ2) is 5.42. The van der Waals surface area contributed by atoms with Crippen molar-refractivity contribution >= 4 is 16.7 Å². The molecule has 0 unspecified atom stereocenters. The molecule has 0 saturated heterocycles. The van der Waals surface area contributed by atoms with Gasteiger partial charge in [0.2, 0.25) is 0 Å². The maximum absolute atomic E-state index is 12.5. The van der Waals surface area contributed by atoms with Gasteiger partial charge in [0.05, 0.1) is 11.1 Å². The van der Waals surface area contributed by atoms with E-state index in [1.807, 2.05) is 19.1 Å². The molecule has 7 heteroatoms. The van der Waals surface area contributed by atoms with Gasteiger partial charge in [-0.15, -0.1) is 13.2 Å². The van der Waals surface area contributed by atoms with Crippen LogP contribution in [0.3, 0.4) is 0 Å². The number of hydrogen-bond acceptors (Lipinski definition) is 4. The third-order valence-corrected chi connectivity index (χ3v) is 3.31. The van der Waals surface area contributed by atoms with Gasteiger partial charge in [-0.05, 0) is 30.7 Å². The zero-order valence-electron chi connectivity index (χ0n) is 12.1. The Morgan fingerprint density at radius 2 is 1.74 bits per heavy atom. The van der Waals surface area contributed by atoms with Crippen LogP contribution in [0.2, 0.25) is 0 Å². The number of benzene rings is 2. The van der Waals surface area contributed by atoms with Crippen molar-refractivity contribution in [2.45, 2.75) is 13.3 Å². The van der Waals surface area contributed by atoms with E-state index < -0.39 is 6.36 Å². The molecule has 0 bridgehead atoms. The number of anilines is 1. The van der Waals surface area contributed by atoms with Crippen LogP contribution in [0.5, 0.6) is 5.75 Å². The summed E-state index contributed by atoms with van der Waals surface area (Å²) in [6.45, 7) is 1.84. The smallest absolute Gasteiger partial charge is 0.405 e. The number of para-hydroxylation sites is 2. The third kappa shape index (κ3) is 3.03. The maximum atomic E-state index is 12.5. The van der Waals surface area contributed by atoms with Gasteiger partial charge in [0.15, 0.2) is 5.82 Å². The molecule has 0 fully saturated rings. The molecule has 0 radical (unpaired) electrons. The first-order valence-electron chi connectivity index (χ1n) is 6.73. The molecular formula is C16H12F3N3O. The minimum Gasteiger partial charge on any atom is -0.405 e. The molecule has 2 aromatic carbocycles. The van der Waals surface area contributed by atoms with Gasteiger partial charge in [-0.1, -0.05) is 24.3 Å². The number of nitrogen functional groups attached to an aromatic ring is 1. The van der Waals surface area contributed by atoms with Crippen molar-refractivity contribution in [3.05, 3.63) is 48.0 Å². The van der Waals surface area contributed by atoms with Crippen molar-refractivity contribution in [1.29, 1.82) is 0 Å². The number of hydrogen-bond donors (Lipinski definition) is 1. The molecule has 0 aliphatic heterocycles. The normalized spacial score (nSPS) is 11.7. The zero-order valence-corrected chi connectivity index (χ0v) is 12.1. The number of halogens is 3. The van der Waals surface area contributed by atoms with Crippen LogP contribution in [0.4, 0.5) is 19.0 Å². The van der Waals surface area contributed by atoms with Crippen molar-refractivity contribution in [2.75, 3.05) is 5.73 Å². The van der Waals surface area contributed by atoms with Crippen molar-refractivity contribution in [1.82, 2.24) is 9.97 Å². The number of nitrogens with zero attached hydrogens (tertiary/aromatic N) is 2. The van der Waals surface area contributed by atoms with E-state index in [2.05, 4.69) is 14.7 Å². The van der Waals surface area contributed by atoms with Gasteiger partial charge in [-0.2, -0.15) is 0 Å². The molecule has 0 spiro atoms. The molecule has 0 aliphatic rings. The fourth-order valence-corrected chi connectivity index (χ4v) is 2.30. The maximum Gasteiger partial charge on any atom is 0.573 e. The summed E-state index contributed by atoms with van der Waals surface area (Å²) in [6.07, 6.45) is -4.80. The number of aryl methyl sites for hydroxylation is 1. The largest absolute Gasteiger partial charge is 0.573 e. The van der Waals surface area contributed by atoms with Gasteiger partial charge in [-0.3, -0.25) is 0 Å². The summed E-state index contributed by atoms with van der Waals surface area (Å²) in [5.41, 5.74) is 7.50. The lowest BCUT2D eigenvalue weighted by atomic mass is 10.1. The van der Waals surface area contributed by atoms with Crippen LogP contribution < -0.4 is 10.5 Å². The first-order chi connectivity index (χ1) is 10.8. The van der Waals surface area contributed by atoms with E-state index >= 15 is 0 Å². The summed E-state index contributed by atoms with van der Waals surface area (Å²) in [5, 5.41) is 0.656. The monoisotopic (exact) mass is 319 g/mol. The quantitative estimate of drug-likeness (QED) is 0.773. The van der Waals surface area contributed by atoms with Crippen LogP contribution in [0.1, 0.15) is 5.56 Å². The summed E-state index contributed by atoms with van der Waals surface area (Å²) < 4.78 is 41.7. The van der Waals surface area contributed by atoms with Crippen molar-refractivity contribution < 1.29 is 17.9 Å². The van der Waals surface area contributed by atoms with E-state index in [9.17, 15) is 13.2 Å². The molecule has 2 N–H and O–H groups in total. The number of aromatic nitrogens is 2. The van der Waals surface area contributed by atoms with Gasteiger partial charge in [0.25, 0.3) is 0 Å². The predicted octanol–water partition coefficient (Wildman–Crippen LogP) is 4.09. The summed E-state index contributed by atoms with van der Waals surface area (Å²) in [7, 11) is 0. The van der Waals surface area contributed by atoms with Crippen LogP contribution in [0, 0.1) is 6.92 Å². The number of rotatable bonds is 2. The second-order valence-corrected chi connectivity index (χ2v) is 4.95. The highest BCUT2D eigenvalue weighted by Gasteiger charge is 2.32. The molecule has 1 heterocycles. The Hall–Kier alpha value is -2.83. The molecule has 1 aromatic heterocycles. The highest BCUT2D eigenvalue weighted by molar-refractivity contribution is 5.91. The lowest BCUT2D eigenvalue weighted by Gasteiger charge is -2.13. The van der Waals surface area contributed by atoms with Gasteiger partial charge < -0.3 is 10.5 Å². The van der Waals surface area contributed by atoms with Crippen LogP contribution in [-0.4, -0.2) is 16.3 Å². The Labute approximate surface area is 129 Å². The Bertz CT molecular complexity index is 878. The minimum absolute atomic E-state index is 0.0872. The van der Waals surface area contributed by atoms with E-state index in [1.54, 1.807) is 12.1 Å². The van der Waals surface area contributed by atoms with Gasteiger partial charge >= 0.3 is 6.36 Å². The van der Waals surface area contributed by atoms with Crippen molar-refractivity contribution in [2.24, 2.45) is 0 Å². The molecule has 118 valence electrons. The number of alkyl halides is 3. The summed E-state index contributed by atoms with van der Waals surface area (Å²) in [6, 6.07) is 11.1. The van der Waals surface area contributed by atoms with Crippen LogP contribution in [-0.2, 0) is 0 Å². The molecular weight excluding hydrogens is 307 g/mol. The predicted molar refractivity (Wildman–Crippen MR) is 80.8 cm³/mol. The molecule has 0 atom stereocenters. The van der Waals surface area contributed by atoms with Crippen LogP contribution in [0.25, 0.3) is 22.3 Å². The molecule has 23 heavy (non-hydrogen) atoms. The highest BCUT2D eigenvalue weighted by atomic mass is 19.4. The van der Waals surface area contributed by atoms with E-state index in [1.165, 1.54) is 18.2 Å². The van der Waals surface area contributed by atoms with E-state index in [-0.39, 0.29) is 23.0 Å². The molecule has 0 saturated carbocycles. The van der Waals surface area contributed by atoms with E-state index in [4.69, 9.17) is 5.73 Å². The van der Waals surface area contributed by atoms with Gasteiger partial charge in [-0.25, -0.2) is 9.97 Å².